The Labute approximate surface area is 92.9 Å². The van der Waals surface area contributed by atoms with Gasteiger partial charge in [0.15, 0.2) is 0 Å². The number of fused-ring (bicyclic) bond motifs is 1. The maximum atomic E-state index is 11.5. The highest BCUT2D eigenvalue weighted by Gasteiger charge is 2.42. The van der Waals surface area contributed by atoms with Crippen molar-refractivity contribution in [3.8, 4) is 0 Å². The van der Waals surface area contributed by atoms with Gasteiger partial charge in [-0.2, -0.15) is 0 Å². The molecule has 84 valence electrons. The van der Waals surface area contributed by atoms with E-state index in [1.54, 1.807) is 6.92 Å². The summed E-state index contributed by atoms with van der Waals surface area (Å²) in [6.45, 7) is 6.43. The van der Waals surface area contributed by atoms with Gasteiger partial charge in [0.1, 0.15) is 5.78 Å². The molecule has 0 heterocycles. The fraction of sp³-hybridized carbons (Fsp3) is 0.786. The van der Waals surface area contributed by atoms with Crippen LogP contribution in [0.1, 0.15) is 52.9 Å². The van der Waals surface area contributed by atoms with Crippen molar-refractivity contribution in [1.82, 2.24) is 0 Å². The second-order valence-corrected chi connectivity index (χ2v) is 5.78. The van der Waals surface area contributed by atoms with Crippen LogP contribution in [0.4, 0.5) is 0 Å². The van der Waals surface area contributed by atoms with Crippen LogP contribution in [0.5, 0.6) is 0 Å². The summed E-state index contributed by atoms with van der Waals surface area (Å²) in [5.41, 5.74) is 2.03. The van der Waals surface area contributed by atoms with E-state index in [9.17, 15) is 4.79 Å². The molecule has 2 rings (SSSR count). The molecule has 2 aliphatic carbocycles. The Morgan fingerprint density at radius 1 is 1.47 bits per heavy atom. The van der Waals surface area contributed by atoms with Crippen molar-refractivity contribution < 1.29 is 4.79 Å². The van der Waals surface area contributed by atoms with Gasteiger partial charge in [0.05, 0.1) is 0 Å². The number of hydrogen-bond acceptors (Lipinski definition) is 1. The van der Waals surface area contributed by atoms with Crippen molar-refractivity contribution in [3.63, 3.8) is 0 Å². The zero-order valence-corrected chi connectivity index (χ0v) is 10.2. The zero-order valence-electron chi connectivity index (χ0n) is 10.2. The Morgan fingerprint density at radius 2 is 2.20 bits per heavy atom. The minimum absolute atomic E-state index is 0.338. The second kappa shape index (κ2) is 3.77. The number of Topliss-reactive ketones (excluding diaryl/α,β-unsaturated/α-hetero) is 1. The van der Waals surface area contributed by atoms with Gasteiger partial charge in [0, 0.05) is 5.92 Å². The quantitative estimate of drug-likeness (QED) is 0.597. The number of allylic oxidation sites excluding steroid dienone is 2. The molecule has 15 heavy (non-hydrogen) atoms. The molecule has 0 unspecified atom stereocenters. The van der Waals surface area contributed by atoms with Crippen molar-refractivity contribution in [2.45, 2.75) is 52.9 Å². The molecule has 3 atom stereocenters. The van der Waals surface area contributed by atoms with Gasteiger partial charge in [0.25, 0.3) is 0 Å². The number of hydrogen-bond donors (Lipinski definition) is 0. The Balaban J connectivity index is 2.19. The highest BCUT2D eigenvalue weighted by atomic mass is 16.1. The second-order valence-electron chi connectivity index (χ2n) is 5.78. The van der Waals surface area contributed by atoms with E-state index in [-0.39, 0.29) is 0 Å². The van der Waals surface area contributed by atoms with Gasteiger partial charge in [0.2, 0.25) is 0 Å². The summed E-state index contributed by atoms with van der Waals surface area (Å²) < 4.78 is 0. The fourth-order valence-corrected chi connectivity index (χ4v) is 3.54. The molecule has 0 spiro atoms. The van der Waals surface area contributed by atoms with Crippen LogP contribution < -0.4 is 0 Å². The lowest BCUT2D eigenvalue weighted by atomic mass is 9.58. The lowest BCUT2D eigenvalue weighted by Gasteiger charge is -2.47. The molecule has 0 aromatic rings. The molecule has 0 N–H and O–H groups in total. The normalized spacial score (nSPS) is 40.6. The summed E-state index contributed by atoms with van der Waals surface area (Å²) in [7, 11) is 0. The Bertz CT molecular complexity index is 302. The van der Waals surface area contributed by atoms with Crippen molar-refractivity contribution >= 4 is 5.78 Å². The van der Waals surface area contributed by atoms with E-state index in [1.807, 2.05) is 0 Å². The van der Waals surface area contributed by atoms with Crippen LogP contribution in [0.15, 0.2) is 11.6 Å². The zero-order chi connectivity index (χ0) is 11.1. The van der Waals surface area contributed by atoms with Crippen LogP contribution in [0, 0.1) is 17.3 Å². The van der Waals surface area contributed by atoms with E-state index in [4.69, 9.17) is 0 Å². The monoisotopic (exact) mass is 206 g/mol. The highest BCUT2D eigenvalue weighted by molar-refractivity contribution is 5.78. The fourth-order valence-electron chi connectivity index (χ4n) is 3.54. The van der Waals surface area contributed by atoms with Crippen LogP contribution in [0.25, 0.3) is 0 Å². The Kier molecular flexibility index (Phi) is 2.74. The van der Waals surface area contributed by atoms with Gasteiger partial charge >= 0.3 is 0 Å². The molecule has 1 saturated carbocycles. The van der Waals surface area contributed by atoms with Gasteiger partial charge in [-0.25, -0.2) is 0 Å². The molecule has 1 heteroatoms. The maximum absolute atomic E-state index is 11.5. The summed E-state index contributed by atoms with van der Waals surface area (Å²) in [6.07, 6.45) is 8.41. The minimum Gasteiger partial charge on any atom is -0.300 e. The first-order chi connectivity index (χ1) is 7.03. The average Bonchev–Trinajstić information content (AvgIpc) is 2.17. The van der Waals surface area contributed by atoms with Crippen LogP contribution >= 0.6 is 0 Å². The number of carbonyl (C=O) groups excluding carboxylic acids is 1. The average molecular weight is 206 g/mol. The number of rotatable bonds is 1. The molecular formula is C14H22O. The van der Waals surface area contributed by atoms with Gasteiger partial charge in [-0.05, 0) is 57.3 Å². The van der Waals surface area contributed by atoms with Crippen LogP contribution in [-0.4, -0.2) is 5.78 Å². The Hall–Kier alpha value is -0.590. The third-order valence-electron chi connectivity index (χ3n) is 4.73. The van der Waals surface area contributed by atoms with Gasteiger partial charge in [-0.1, -0.05) is 18.6 Å². The molecule has 0 aromatic heterocycles. The Morgan fingerprint density at radius 3 is 2.87 bits per heavy atom. The van der Waals surface area contributed by atoms with Crippen LogP contribution in [0.2, 0.25) is 0 Å². The smallest absolute Gasteiger partial charge is 0.132 e. The van der Waals surface area contributed by atoms with E-state index in [1.165, 1.54) is 24.8 Å². The molecule has 1 nitrogen and oxygen atoms in total. The van der Waals surface area contributed by atoms with Gasteiger partial charge in [-0.15, -0.1) is 0 Å². The molecular weight excluding hydrogens is 184 g/mol. The topological polar surface area (TPSA) is 17.1 Å². The first-order valence-corrected chi connectivity index (χ1v) is 6.20. The van der Waals surface area contributed by atoms with Gasteiger partial charge < -0.3 is 0 Å². The molecule has 2 aliphatic rings. The third-order valence-corrected chi connectivity index (χ3v) is 4.73. The SMILES string of the molecule is CC(=O)[C@@H]1CC[C@@]2(C)CCC=C(C)[C@@H]2C1. The lowest BCUT2D eigenvalue weighted by Crippen LogP contribution is -2.38. The third kappa shape index (κ3) is 1.89. The summed E-state index contributed by atoms with van der Waals surface area (Å²) in [5, 5.41) is 0. The van der Waals surface area contributed by atoms with Crippen molar-refractivity contribution in [3.05, 3.63) is 11.6 Å². The summed E-state index contributed by atoms with van der Waals surface area (Å²) in [6, 6.07) is 0. The number of carbonyl (C=O) groups is 1. The molecule has 0 aromatic carbocycles. The summed E-state index contributed by atoms with van der Waals surface area (Å²) >= 11 is 0. The summed E-state index contributed by atoms with van der Waals surface area (Å²) in [4.78, 5) is 11.5. The predicted octanol–water partition coefficient (Wildman–Crippen LogP) is 3.74. The minimum atomic E-state index is 0.338. The molecule has 0 amide bonds. The van der Waals surface area contributed by atoms with Crippen LogP contribution in [0.3, 0.4) is 0 Å². The van der Waals surface area contributed by atoms with Crippen molar-refractivity contribution in [1.29, 1.82) is 0 Å². The van der Waals surface area contributed by atoms with Crippen molar-refractivity contribution in [2.75, 3.05) is 0 Å². The molecule has 0 aliphatic heterocycles. The molecule has 0 radical (unpaired) electrons. The molecule has 0 saturated heterocycles. The number of ketones is 1. The van der Waals surface area contributed by atoms with E-state index < -0.39 is 0 Å². The first-order valence-electron chi connectivity index (χ1n) is 6.20. The van der Waals surface area contributed by atoms with E-state index in [0.717, 1.165) is 12.8 Å². The molecule has 0 bridgehead atoms. The first kappa shape index (κ1) is 10.9. The maximum Gasteiger partial charge on any atom is 0.132 e. The van der Waals surface area contributed by atoms with E-state index >= 15 is 0 Å². The largest absolute Gasteiger partial charge is 0.300 e. The molecule has 1 fully saturated rings. The van der Waals surface area contributed by atoms with Gasteiger partial charge in [-0.3, -0.25) is 4.79 Å². The van der Waals surface area contributed by atoms with E-state index in [0.29, 0.717) is 23.0 Å². The van der Waals surface area contributed by atoms with E-state index in [2.05, 4.69) is 19.9 Å². The lowest BCUT2D eigenvalue weighted by molar-refractivity contribution is -0.123. The highest BCUT2D eigenvalue weighted by Crippen LogP contribution is 2.51. The van der Waals surface area contributed by atoms with Crippen LogP contribution in [-0.2, 0) is 4.79 Å². The predicted molar refractivity (Wildman–Crippen MR) is 62.6 cm³/mol. The van der Waals surface area contributed by atoms with Crippen molar-refractivity contribution in [2.24, 2.45) is 17.3 Å². The standard InChI is InChI=1S/C14H22O/c1-10-5-4-7-14(3)8-6-12(11(2)15)9-13(10)14/h5,12-13H,4,6-9H2,1-3H3/t12-,13+,14-/m1/s1. The summed E-state index contributed by atoms with van der Waals surface area (Å²) in [5.74, 6) is 1.41.